The molecular formula is C19H24N2O2. The van der Waals surface area contributed by atoms with Crippen LogP contribution in [0.25, 0.3) is 0 Å². The normalized spacial score (nSPS) is 21.0. The van der Waals surface area contributed by atoms with Crippen molar-refractivity contribution in [3.05, 3.63) is 53.9 Å². The molecule has 3 rings (SSSR count). The molecule has 0 saturated carbocycles. The number of nitrogens with zero attached hydrogens (tertiary/aromatic N) is 1. The Bertz CT molecular complexity index is 631. The van der Waals surface area contributed by atoms with Gasteiger partial charge >= 0.3 is 0 Å². The number of benzene rings is 1. The van der Waals surface area contributed by atoms with E-state index < -0.39 is 0 Å². The van der Waals surface area contributed by atoms with Gasteiger partial charge in [-0.15, -0.1) is 0 Å². The SMILES string of the molecule is COc1ccc(CC2CCCNC2c2cccnc2)c(OC)c1. The van der Waals surface area contributed by atoms with Crippen molar-refractivity contribution in [3.63, 3.8) is 0 Å². The predicted octanol–water partition coefficient (Wildman–Crippen LogP) is 3.38. The lowest BCUT2D eigenvalue weighted by atomic mass is 9.82. The monoisotopic (exact) mass is 312 g/mol. The molecule has 4 nitrogen and oxygen atoms in total. The molecular weight excluding hydrogens is 288 g/mol. The van der Waals surface area contributed by atoms with Crippen molar-refractivity contribution >= 4 is 0 Å². The van der Waals surface area contributed by atoms with Crippen LogP contribution in [0.4, 0.5) is 0 Å². The van der Waals surface area contributed by atoms with Gasteiger partial charge in [0.1, 0.15) is 11.5 Å². The first kappa shape index (κ1) is 15.8. The smallest absolute Gasteiger partial charge is 0.125 e. The molecule has 1 aliphatic rings. The number of aromatic nitrogens is 1. The molecule has 1 N–H and O–H groups in total. The van der Waals surface area contributed by atoms with Gasteiger partial charge in [0, 0.05) is 24.5 Å². The van der Waals surface area contributed by atoms with Crippen LogP contribution < -0.4 is 14.8 Å². The lowest BCUT2D eigenvalue weighted by Crippen LogP contribution is -2.35. The van der Waals surface area contributed by atoms with Crippen molar-refractivity contribution < 1.29 is 9.47 Å². The topological polar surface area (TPSA) is 43.4 Å². The van der Waals surface area contributed by atoms with Gasteiger partial charge in [-0.2, -0.15) is 0 Å². The summed E-state index contributed by atoms with van der Waals surface area (Å²) in [7, 11) is 3.40. The second-order valence-corrected chi connectivity index (χ2v) is 6.00. The Labute approximate surface area is 137 Å². The maximum atomic E-state index is 5.56. The van der Waals surface area contributed by atoms with E-state index in [2.05, 4.69) is 22.4 Å². The van der Waals surface area contributed by atoms with E-state index in [-0.39, 0.29) is 0 Å². The Hall–Kier alpha value is -2.07. The molecule has 23 heavy (non-hydrogen) atoms. The molecule has 1 aromatic heterocycles. The van der Waals surface area contributed by atoms with Gasteiger partial charge in [-0.3, -0.25) is 4.98 Å². The average Bonchev–Trinajstić information content (AvgIpc) is 2.63. The summed E-state index contributed by atoms with van der Waals surface area (Å²) in [6.07, 6.45) is 7.20. The van der Waals surface area contributed by atoms with Gasteiger partial charge in [0.05, 0.1) is 14.2 Å². The van der Waals surface area contributed by atoms with Crippen LogP contribution >= 0.6 is 0 Å². The van der Waals surface area contributed by atoms with Gasteiger partial charge in [0.2, 0.25) is 0 Å². The fourth-order valence-corrected chi connectivity index (χ4v) is 3.43. The average molecular weight is 312 g/mol. The fraction of sp³-hybridized carbons (Fsp3) is 0.421. The number of ether oxygens (including phenoxy) is 2. The lowest BCUT2D eigenvalue weighted by molar-refractivity contribution is 0.279. The summed E-state index contributed by atoms with van der Waals surface area (Å²) in [6.45, 7) is 1.07. The summed E-state index contributed by atoms with van der Waals surface area (Å²) >= 11 is 0. The van der Waals surface area contributed by atoms with E-state index in [1.165, 1.54) is 24.0 Å². The molecule has 2 unspecified atom stereocenters. The van der Waals surface area contributed by atoms with E-state index >= 15 is 0 Å². The molecule has 0 radical (unpaired) electrons. The Kier molecular flexibility index (Phi) is 5.13. The Morgan fingerprint density at radius 2 is 2.13 bits per heavy atom. The Morgan fingerprint density at radius 1 is 1.22 bits per heavy atom. The standard InChI is InChI=1S/C19H24N2O2/c1-22-17-8-7-14(18(12-17)23-2)11-15-5-4-10-21-19(15)16-6-3-9-20-13-16/h3,6-9,12-13,15,19,21H,4-5,10-11H2,1-2H3. The summed E-state index contributed by atoms with van der Waals surface area (Å²) in [5, 5.41) is 3.66. The first-order chi connectivity index (χ1) is 11.3. The van der Waals surface area contributed by atoms with Gasteiger partial charge in [-0.1, -0.05) is 12.1 Å². The van der Waals surface area contributed by atoms with Gasteiger partial charge < -0.3 is 14.8 Å². The number of pyridine rings is 1. The zero-order chi connectivity index (χ0) is 16.1. The Balaban J connectivity index is 1.82. The molecule has 1 aliphatic heterocycles. The highest BCUT2D eigenvalue weighted by Crippen LogP contribution is 2.35. The minimum absolute atomic E-state index is 0.351. The van der Waals surface area contributed by atoms with Crippen molar-refractivity contribution in [3.8, 4) is 11.5 Å². The van der Waals surface area contributed by atoms with E-state index in [9.17, 15) is 0 Å². The van der Waals surface area contributed by atoms with Crippen LogP contribution in [-0.4, -0.2) is 25.7 Å². The summed E-state index contributed by atoms with van der Waals surface area (Å²) in [6, 6.07) is 10.6. The molecule has 0 amide bonds. The molecule has 1 fully saturated rings. The molecule has 0 aliphatic carbocycles. The van der Waals surface area contributed by atoms with Crippen LogP contribution in [0.1, 0.15) is 30.0 Å². The highest BCUT2D eigenvalue weighted by Gasteiger charge is 2.27. The van der Waals surface area contributed by atoms with E-state index in [1.807, 2.05) is 30.6 Å². The third-order valence-corrected chi connectivity index (χ3v) is 4.61. The molecule has 122 valence electrons. The first-order valence-electron chi connectivity index (χ1n) is 8.16. The van der Waals surface area contributed by atoms with Crippen molar-refractivity contribution in [2.24, 2.45) is 5.92 Å². The zero-order valence-corrected chi connectivity index (χ0v) is 13.8. The maximum Gasteiger partial charge on any atom is 0.125 e. The van der Waals surface area contributed by atoms with Crippen molar-refractivity contribution in [1.29, 1.82) is 0 Å². The van der Waals surface area contributed by atoms with Crippen LogP contribution in [0.5, 0.6) is 11.5 Å². The summed E-state index contributed by atoms with van der Waals surface area (Å²) in [5.41, 5.74) is 2.50. The highest BCUT2D eigenvalue weighted by molar-refractivity contribution is 5.41. The van der Waals surface area contributed by atoms with Crippen LogP contribution in [0.15, 0.2) is 42.7 Å². The van der Waals surface area contributed by atoms with Crippen LogP contribution in [0.2, 0.25) is 0 Å². The highest BCUT2D eigenvalue weighted by atomic mass is 16.5. The van der Waals surface area contributed by atoms with Gasteiger partial charge in [0.25, 0.3) is 0 Å². The molecule has 0 spiro atoms. The number of hydrogen-bond donors (Lipinski definition) is 1. The fourth-order valence-electron chi connectivity index (χ4n) is 3.43. The van der Waals surface area contributed by atoms with Crippen LogP contribution in [0.3, 0.4) is 0 Å². The van der Waals surface area contributed by atoms with Crippen molar-refractivity contribution in [1.82, 2.24) is 10.3 Å². The van der Waals surface area contributed by atoms with Gasteiger partial charge in [-0.05, 0) is 55.0 Å². The molecule has 0 bridgehead atoms. The van der Waals surface area contributed by atoms with E-state index in [1.54, 1.807) is 14.2 Å². The molecule has 1 saturated heterocycles. The number of rotatable bonds is 5. The third kappa shape index (κ3) is 3.64. The minimum Gasteiger partial charge on any atom is -0.497 e. The van der Waals surface area contributed by atoms with Crippen molar-refractivity contribution in [2.75, 3.05) is 20.8 Å². The largest absolute Gasteiger partial charge is 0.497 e. The van der Waals surface area contributed by atoms with Gasteiger partial charge in [-0.25, -0.2) is 0 Å². The van der Waals surface area contributed by atoms with E-state index in [0.717, 1.165) is 24.5 Å². The zero-order valence-electron chi connectivity index (χ0n) is 13.8. The van der Waals surface area contributed by atoms with Crippen LogP contribution in [0, 0.1) is 5.92 Å². The summed E-state index contributed by atoms with van der Waals surface area (Å²) < 4.78 is 10.8. The lowest BCUT2D eigenvalue weighted by Gasteiger charge is -2.33. The quantitative estimate of drug-likeness (QED) is 0.919. The number of methoxy groups -OCH3 is 2. The molecule has 2 atom stereocenters. The summed E-state index contributed by atoms with van der Waals surface area (Å²) in [5.74, 6) is 2.27. The molecule has 2 aromatic rings. The third-order valence-electron chi connectivity index (χ3n) is 4.61. The Morgan fingerprint density at radius 3 is 2.87 bits per heavy atom. The number of piperidine rings is 1. The number of hydrogen-bond acceptors (Lipinski definition) is 4. The number of nitrogens with one attached hydrogen (secondary N) is 1. The van der Waals surface area contributed by atoms with Crippen molar-refractivity contribution in [2.45, 2.75) is 25.3 Å². The van der Waals surface area contributed by atoms with Crippen LogP contribution in [-0.2, 0) is 6.42 Å². The maximum absolute atomic E-state index is 5.56. The molecule has 2 heterocycles. The van der Waals surface area contributed by atoms with E-state index in [0.29, 0.717) is 12.0 Å². The van der Waals surface area contributed by atoms with E-state index in [4.69, 9.17) is 9.47 Å². The summed E-state index contributed by atoms with van der Waals surface area (Å²) in [4.78, 5) is 4.28. The second-order valence-electron chi connectivity index (χ2n) is 6.00. The molecule has 4 heteroatoms. The second kappa shape index (κ2) is 7.47. The first-order valence-corrected chi connectivity index (χ1v) is 8.16. The van der Waals surface area contributed by atoms with Gasteiger partial charge in [0.15, 0.2) is 0 Å². The molecule has 1 aromatic carbocycles. The predicted molar refractivity (Wildman–Crippen MR) is 91.0 cm³/mol. The minimum atomic E-state index is 0.351.